The van der Waals surface area contributed by atoms with E-state index in [2.05, 4.69) is 449 Å². The summed E-state index contributed by atoms with van der Waals surface area (Å²) in [5.74, 6) is 0. The minimum Gasteiger partial charge on any atom is -0.0622 e. The lowest BCUT2D eigenvalue weighted by Crippen LogP contribution is -1.92. The minimum absolute atomic E-state index is 1.23. The lowest BCUT2D eigenvalue weighted by molar-refractivity contribution is 1.63. The van der Waals surface area contributed by atoms with E-state index < -0.39 is 0 Å². The SMILES string of the molecule is c1ccc(-c2cc(-c3c4ccccc4c(-c4ccc5ccccc5c4)c4ccccc34)c3ccccc3c2)cc1.c1ccc(-c2ccc(-c3c4ccccc4c(-c4ccc5ccccc5c4)c4ccccc34)c3ccccc23)cc1.c1ccc2cc(-c3c4ccccc4c(-c4ccc5ccccc5c4)c4ccccc34)ccc2c1. The second-order valence-electron chi connectivity index (χ2n) is 30.0. The summed E-state index contributed by atoms with van der Waals surface area (Å²) in [5, 5.41) is 30.6. The highest BCUT2D eigenvalue weighted by Crippen LogP contribution is 2.51. The number of rotatable bonds is 8. The highest BCUT2D eigenvalue weighted by Gasteiger charge is 2.23. The zero-order chi connectivity index (χ0) is 75.4. The van der Waals surface area contributed by atoms with Crippen LogP contribution >= 0.6 is 0 Å². The second kappa shape index (κ2) is 28.9. The minimum atomic E-state index is 1.23. The van der Waals surface area contributed by atoms with Crippen molar-refractivity contribution in [1.29, 1.82) is 0 Å². The molecule has 0 nitrogen and oxygen atoms in total. The van der Waals surface area contributed by atoms with Gasteiger partial charge in [-0.1, -0.05) is 413 Å². The van der Waals surface area contributed by atoms with E-state index in [4.69, 9.17) is 0 Å². The maximum absolute atomic E-state index is 2.39. The van der Waals surface area contributed by atoms with Gasteiger partial charge in [0.2, 0.25) is 0 Å². The summed E-state index contributed by atoms with van der Waals surface area (Å²) in [6.07, 6.45) is 0. The molecule has 0 unspecified atom stereocenters. The average Bonchev–Trinajstić information content (AvgIpc) is 0.731. The lowest BCUT2D eigenvalue weighted by atomic mass is 9.83. The molecule has 0 aromatic heterocycles. The third-order valence-electron chi connectivity index (χ3n) is 23.5. The summed E-state index contributed by atoms with van der Waals surface area (Å²) in [6.45, 7) is 0. The van der Waals surface area contributed by atoms with Crippen molar-refractivity contribution < 1.29 is 0 Å². The van der Waals surface area contributed by atoms with Crippen LogP contribution < -0.4 is 0 Å². The fourth-order valence-corrected chi connectivity index (χ4v) is 18.3. The molecule has 0 aliphatic rings. The van der Waals surface area contributed by atoms with E-state index in [0.29, 0.717) is 0 Å². The molecule has 0 aliphatic heterocycles. The van der Waals surface area contributed by atoms with Gasteiger partial charge in [-0.15, -0.1) is 0 Å². The van der Waals surface area contributed by atoms with E-state index in [9.17, 15) is 0 Å². The van der Waals surface area contributed by atoms with Crippen molar-refractivity contribution in [2.24, 2.45) is 0 Å². The maximum Gasteiger partial charge on any atom is -0.00199 e. The summed E-state index contributed by atoms with van der Waals surface area (Å²) < 4.78 is 0. The Morgan fingerprint density at radius 2 is 0.307 bits per heavy atom. The fourth-order valence-electron chi connectivity index (χ4n) is 18.3. The number of benzene rings is 23. The molecule has 0 saturated carbocycles. The molecular formula is C114H74. The van der Waals surface area contributed by atoms with Crippen molar-refractivity contribution in [2.75, 3.05) is 0 Å². The summed E-state index contributed by atoms with van der Waals surface area (Å²) in [4.78, 5) is 0. The quantitative estimate of drug-likeness (QED) is 0.133. The molecule has 0 saturated heterocycles. The normalized spacial score (nSPS) is 11.5. The second-order valence-corrected chi connectivity index (χ2v) is 30.0. The van der Waals surface area contributed by atoms with Crippen LogP contribution in [0.5, 0.6) is 0 Å². The van der Waals surface area contributed by atoms with E-state index in [-0.39, 0.29) is 0 Å². The molecule has 23 aromatic rings. The van der Waals surface area contributed by atoms with Crippen LogP contribution in [0.1, 0.15) is 0 Å². The molecule has 114 heavy (non-hydrogen) atoms. The Hall–Kier alpha value is -14.8. The molecular weight excluding hydrogens is 1370 g/mol. The van der Waals surface area contributed by atoms with Gasteiger partial charge >= 0.3 is 0 Å². The summed E-state index contributed by atoms with van der Waals surface area (Å²) in [5.41, 5.74) is 20.3. The Balaban J connectivity index is 0.000000108. The van der Waals surface area contributed by atoms with Gasteiger partial charge in [0.1, 0.15) is 0 Å². The molecule has 0 radical (unpaired) electrons. The highest BCUT2D eigenvalue weighted by molar-refractivity contribution is 6.27. The first-order valence-corrected chi connectivity index (χ1v) is 39.5. The van der Waals surface area contributed by atoms with Crippen molar-refractivity contribution in [3.8, 4) is 89.0 Å². The van der Waals surface area contributed by atoms with Crippen LogP contribution in [-0.2, 0) is 0 Å². The Labute approximate surface area is 662 Å². The summed E-state index contributed by atoms with van der Waals surface area (Å²) in [7, 11) is 0. The van der Waals surface area contributed by atoms with E-state index in [1.165, 1.54) is 218 Å². The van der Waals surface area contributed by atoms with Crippen molar-refractivity contribution in [1.82, 2.24) is 0 Å². The van der Waals surface area contributed by atoms with Gasteiger partial charge in [-0.2, -0.15) is 0 Å². The molecule has 23 aromatic carbocycles. The van der Waals surface area contributed by atoms with Gasteiger partial charge in [0.05, 0.1) is 0 Å². The Morgan fingerprint density at radius 3 is 0.632 bits per heavy atom. The molecule has 0 fully saturated rings. The Bertz CT molecular complexity index is 7410. The van der Waals surface area contributed by atoms with Crippen LogP contribution in [0.2, 0.25) is 0 Å². The van der Waals surface area contributed by atoms with Crippen molar-refractivity contribution in [2.45, 2.75) is 0 Å². The van der Waals surface area contributed by atoms with E-state index >= 15 is 0 Å². The highest BCUT2D eigenvalue weighted by atomic mass is 14.3. The molecule has 0 heterocycles. The molecule has 0 N–H and O–H groups in total. The molecule has 0 heteroatoms. The van der Waals surface area contributed by atoms with E-state index in [1.54, 1.807) is 0 Å². The summed E-state index contributed by atoms with van der Waals surface area (Å²) in [6, 6.07) is 164. The lowest BCUT2D eigenvalue weighted by Gasteiger charge is -2.20. The topological polar surface area (TPSA) is 0 Å². The van der Waals surface area contributed by atoms with Crippen LogP contribution in [0.25, 0.3) is 218 Å². The molecule has 0 bridgehead atoms. The summed E-state index contributed by atoms with van der Waals surface area (Å²) >= 11 is 0. The van der Waals surface area contributed by atoms with Crippen LogP contribution in [0.4, 0.5) is 0 Å². The van der Waals surface area contributed by atoms with Gasteiger partial charge in [-0.25, -0.2) is 0 Å². The molecule has 0 spiro atoms. The Morgan fingerprint density at radius 1 is 0.0877 bits per heavy atom. The molecule has 0 atom stereocenters. The van der Waals surface area contributed by atoms with Crippen molar-refractivity contribution in [3.63, 3.8) is 0 Å². The maximum atomic E-state index is 2.39. The van der Waals surface area contributed by atoms with E-state index in [0.717, 1.165) is 0 Å². The third-order valence-corrected chi connectivity index (χ3v) is 23.5. The standard InChI is InChI=1S/2C40H26.C34H22/c1-2-13-28(14-3-1)31-24-25-38(33-17-7-6-16-32(31)33)40-36-20-10-8-18-34(36)39(35-19-9-11-21-37(35)40)30-23-22-27-12-4-5-15-29(27)26-30;1-2-12-27(13-3-1)32-25-30-16-6-7-17-33(30)38(26-32)40-36-20-10-8-18-34(36)39(35-19-9-11-21-37(35)40)31-23-22-28-14-4-5-15-29(28)24-31;1-3-11-25-21-27(19-17-23(25)9-1)33-29-13-5-7-15-31(29)34(32-16-8-6-14-30(32)33)28-20-18-24-10-2-4-12-26(24)22-28/h2*1-26H;1-22H. The molecule has 0 amide bonds. The largest absolute Gasteiger partial charge is 0.0622 e. The Kier molecular flexibility index (Phi) is 17.1. The van der Waals surface area contributed by atoms with Crippen LogP contribution in [-0.4, -0.2) is 0 Å². The zero-order valence-electron chi connectivity index (χ0n) is 62.7. The predicted molar refractivity (Wildman–Crippen MR) is 493 cm³/mol. The van der Waals surface area contributed by atoms with Gasteiger partial charge in [-0.05, 0) is 255 Å². The van der Waals surface area contributed by atoms with Crippen LogP contribution in [0.3, 0.4) is 0 Å². The number of hydrogen-bond acceptors (Lipinski definition) is 0. The third kappa shape index (κ3) is 12.0. The van der Waals surface area contributed by atoms with Gasteiger partial charge in [0, 0.05) is 0 Å². The number of hydrogen-bond donors (Lipinski definition) is 0. The fraction of sp³-hybridized carbons (Fsp3) is 0. The first-order chi connectivity index (χ1) is 56.6. The molecule has 0 aliphatic carbocycles. The average molecular weight is 1440 g/mol. The smallest absolute Gasteiger partial charge is 0.00199 e. The monoisotopic (exact) mass is 1440 g/mol. The molecule has 23 rings (SSSR count). The van der Waals surface area contributed by atoms with Gasteiger partial charge in [0.15, 0.2) is 0 Å². The molecule has 530 valence electrons. The predicted octanol–water partition coefficient (Wildman–Crippen LogP) is 32.2. The van der Waals surface area contributed by atoms with Gasteiger partial charge in [0.25, 0.3) is 0 Å². The first-order valence-electron chi connectivity index (χ1n) is 39.5. The van der Waals surface area contributed by atoms with E-state index in [1.807, 2.05) is 0 Å². The van der Waals surface area contributed by atoms with Gasteiger partial charge < -0.3 is 0 Å². The van der Waals surface area contributed by atoms with Gasteiger partial charge in [-0.3, -0.25) is 0 Å². The van der Waals surface area contributed by atoms with Crippen LogP contribution in [0, 0.1) is 0 Å². The zero-order valence-corrected chi connectivity index (χ0v) is 62.7. The van der Waals surface area contributed by atoms with Crippen LogP contribution in [0.15, 0.2) is 449 Å². The van der Waals surface area contributed by atoms with Crippen molar-refractivity contribution >= 4 is 129 Å². The number of fused-ring (bicyclic) bond motifs is 12. The first kappa shape index (κ1) is 67.3. The van der Waals surface area contributed by atoms with Crippen molar-refractivity contribution in [3.05, 3.63) is 449 Å².